The van der Waals surface area contributed by atoms with E-state index in [0.29, 0.717) is 0 Å². The minimum absolute atomic E-state index is 0.0187. The van der Waals surface area contributed by atoms with Crippen LogP contribution in [0.1, 0.15) is 55.7 Å². The van der Waals surface area contributed by atoms with Crippen LogP contribution in [0, 0.1) is 13.8 Å². The molecule has 0 saturated heterocycles. The number of hydrogen-bond acceptors (Lipinski definition) is 4. The van der Waals surface area contributed by atoms with Crippen molar-refractivity contribution < 1.29 is 18.0 Å². The van der Waals surface area contributed by atoms with Crippen LogP contribution in [0.25, 0.3) is 0 Å². The fraction of sp³-hybridized carbons (Fsp3) is 0.375. The Kier molecular flexibility index (Phi) is 10.6. The van der Waals surface area contributed by atoms with Crippen LogP contribution in [0.4, 0.5) is 5.69 Å². The Hall–Kier alpha value is -3.07. The van der Waals surface area contributed by atoms with E-state index in [-0.39, 0.29) is 39.1 Å². The molecule has 1 aliphatic carbocycles. The first-order chi connectivity index (χ1) is 19.9. The highest BCUT2D eigenvalue weighted by atomic mass is 35.5. The van der Waals surface area contributed by atoms with Crippen LogP contribution in [0.2, 0.25) is 10.0 Å². The summed E-state index contributed by atoms with van der Waals surface area (Å²) in [7, 11) is -4.21. The van der Waals surface area contributed by atoms with Crippen molar-refractivity contribution in [1.82, 2.24) is 10.2 Å². The predicted octanol–water partition coefficient (Wildman–Crippen LogP) is 6.67. The number of aryl methyl sites for hydroxylation is 2. The first-order valence-corrected chi connectivity index (χ1v) is 16.3. The Morgan fingerprint density at radius 3 is 2.00 bits per heavy atom. The Balaban J connectivity index is 1.69. The van der Waals surface area contributed by atoms with Crippen LogP contribution >= 0.6 is 23.2 Å². The van der Waals surface area contributed by atoms with E-state index in [1.54, 1.807) is 19.1 Å². The van der Waals surface area contributed by atoms with Crippen molar-refractivity contribution in [2.45, 2.75) is 76.4 Å². The second-order valence-corrected chi connectivity index (χ2v) is 13.7. The standard InChI is InChI=1S/C32H37Cl2N3O4S/c1-22-9-13-25(14-10-22)20-36(24(3)32(39)35-28-7-5-4-6-8-28)31(38)21-37(29-18-26(33)17-27(34)19-29)42(40,41)30-15-11-23(2)12-16-30/h9-19,24,28H,4-8,20-21H2,1-3H3,(H,35,39). The highest BCUT2D eigenvalue weighted by Gasteiger charge is 2.33. The van der Waals surface area contributed by atoms with Gasteiger partial charge in [0.25, 0.3) is 10.0 Å². The van der Waals surface area contributed by atoms with Gasteiger partial charge >= 0.3 is 0 Å². The zero-order valence-electron chi connectivity index (χ0n) is 24.1. The quantitative estimate of drug-likeness (QED) is 0.271. The Labute approximate surface area is 258 Å². The van der Waals surface area contributed by atoms with Crippen LogP contribution < -0.4 is 9.62 Å². The molecule has 1 aliphatic rings. The normalized spacial score (nSPS) is 14.7. The van der Waals surface area contributed by atoms with Crippen molar-refractivity contribution in [2.75, 3.05) is 10.8 Å². The number of hydrogen-bond donors (Lipinski definition) is 1. The average Bonchev–Trinajstić information content (AvgIpc) is 2.95. The summed E-state index contributed by atoms with van der Waals surface area (Å²) in [6.45, 7) is 5.08. The number of nitrogens with zero attached hydrogens (tertiary/aromatic N) is 2. The van der Waals surface area contributed by atoms with Gasteiger partial charge in [-0.15, -0.1) is 0 Å². The summed E-state index contributed by atoms with van der Waals surface area (Å²) in [5.41, 5.74) is 2.93. The van der Waals surface area contributed by atoms with Crippen molar-refractivity contribution in [1.29, 1.82) is 0 Å². The molecule has 1 saturated carbocycles. The van der Waals surface area contributed by atoms with E-state index in [1.807, 2.05) is 38.1 Å². The van der Waals surface area contributed by atoms with Crippen LogP contribution in [0.15, 0.2) is 71.6 Å². The molecule has 10 heteroatoms. The van der Waals surface area contributed by atoms with Gasteiger partial charge in [0, 0.05) is 22.6 Å². The van der Waals surface area contributed by atoms with E-state index in [2.05, 4.69) is 5.32 Å². The van der Waals surface area contributed by atoms with Crippen molar-refractivity contribution in [3.05, 3.63) is 93.5 Å². The molecule has 0 aromatic heterocycles. The fourth-order valence-electron chi connectivity index (χ4n) is 5.09. The second-order valence-electron chi connectivity index (χ2n) is 11.0. The Morgan fingerprint density at radius 2 is 1.43 bits per heavy atom. The maximum atomic E-state index is 14.1. The molecule has 4 rings (SSSR count). The smallest absolute Gasteiger partial charge is 0.264 e. The van der Waals surface area contributed by atoms with Gasteiger partial charge in [-0.05, 0) is 69.5 Å². The summed E-state index contributed by atoms with van der Waals surface area (Å²) in [4.78, 5) is 29.0. The van der Waals surface area contributed by atoms with Crippen molar-refractivity contribution in [3.8, 4) is 0 Å². The fourth-order valence-corrected chi connectivity index (χ4v) is 7.00. The lowest BCUT2D eigenvalue weighted by molar-refractivity contribution is -0.139. The predicted molar refractivity (Wildman–Crippen MR) is 168 cm³/mol. The third-order valence-electron chi connectivity index (χ3n) is 7.62. The lowest BCUT2D eigenvalue weighted by atomic mass is 9.95. The van der Waals surface area contributed by atoms with Crippen LogP contribution in [-0.2, 0) is 26.2 Å². The lowest BCUT2D eigenvalue weighted by Gasteiger charge is -2.33. The molecule has 1 N–H and O–H groups in total. The van der Waals surface area contributed by atoms with E-state index >= 15 is 0 Å². The SMILES string of the molecule is Cc1ccc(CN(C(=O)CN(c2cc(Cl)cc(Cl)c2)S(=O)(=O)c2ccc(C)cc2)C(C)C(=O)NC2CCCCC2)cc1. The average molecular weight is 631 g/mol. The number of halogens is 2. The van der Waals surface area contributed by atoms with Gasteiger partial charge in [0.2, 0.25) is 11.8 Å². The molecule has 0 radical (unpaired) electrons. The largest absolute Gasteiger partial charge is 0.352 e. The molecule has 1 fully saturated rings. The summed E-state index contributed by atoms with van der Waals surface area (Å²) >= 11 is 12.5. The van der Waals surface area contributed by atoms with Crippen molar-refractivity contribution >= 4 is 50.7 Å². The first kappa shape index (κ1) is 31.9. The maximum absolute atomic E-state index is 14.1. The topological polar surface area (TPSA) is 86.8 Å². The van der Waals surface area contributed by atoms with E-state index in [1.165, 1.54) is 35.2 Å². The molecule has 0 bridgehead atoms. The molecule has 3 aromatic rings. The second kappa shape index (κ2) is 13.9. The summed E-state index contributed by atoms with van der Waals surface area (Å²) < 4.78 is 29.0. The van der Waals surface area contributed by atoms with Gasteiger partial charge in [-0.25, -0.2) is 8.42 Å². The molecule has 42 heavy (non-hydrogen) atoms. The Morgan fingerprint density at radius 1 is 0.881 bits per heavy atom. The molecule has 0 heterocycles. The van der Waals surface area contributed by atoms with Gasteiger partial charge in [-0.1, -0.05) is 90.0 Å². The third kappa shape index (κ3) is 8.06. The number of anilines is 1. The van der Waals surface area contributed by atoms with Gasteiger partial charge < -0.3 is 10.2 Å². The number of nitrogens with one attached hydrogen (secondary N) is 1. The molecule has 2 amide bonds. The molecule has 0 aliphatic heterocycles. The summed E-state index contributed by atoms with van der Waals surface area (Å²) in [6.07, 6.45) is 5.07. The van der Waals surface area contributed by atoms with Crippen LogP contribution in [0.5, 0.6) is 0 Å². The Bertz CT molecular complexity index is 1490. The van der Waals surface area contributed by atoms with Gasteiger partial charge in [-0.2, -0.15) is 0 Å². The lowest BCUT2D eigenvalue weighted by Crippen LogP contribution is -2.53. The molecule has 3 aromatic carbocycles. The summed E-state index contributed by atoms with van der Waals surface area (Å²) in [5.74, 6) is -0.797. The number of rotatable bonds is 10. The number of carbonyl (C=O) groups is 2. The van der Waals surface area contributed by atoms with E-state index in [4.69, 9.17) is 23.2 Å². The molecular weight excluding hydrogens is 593 g/mol. The van der Waals surface area contributed by atoms with Gasteiger partial charge in [0.15, 0.2) is 0 Å². The van der Waals surface area contributed by atoms with Gasteiger partial charge in [-0.3, -0.25) is 13.9 Å². The maximum Gasteiger partial charge on any atom is 0.264 e. The molecule has 1 atom stereocenters. The highest BCUT2D eigenvalue weighted by molar-refractivity contribution is 7.92. The van der Waals surface area contributed by atoms with E-state index in [9.17, 15) is 18.0 Å². The first-order valence-electron chi connectivity index (χ1n) is 14.1. The van der Waals surface area contributed by atoms with Gasteiger partial charge in [0.1, 0.15) is 12.6 Å². The van der Waals surface area contributed by atoms with Crippen LogP contribution in [-0.4, -0.2) is 43.8 Å². The third-order valence-corrected chi connectivity index (χ3v) is 9.84. The summed E-state index contributed by atoms with van der Waals surface area (Å²) in [6, 6.07) is 17.7. The minimum atomic E-state index is -4.21. The minimum Gasteiger partial charge on any atom is -0.352 e. The summed E-state index contributed by atoms with van der Waals surface area (Å²) in [5, 5.41) is 3.57. The van der Waals surface area contributed by atoms with E-state index < -0.39 is 28.5 Å². The number of benzene rings is 3. The van der Waals surface area contributed by atoms with Crippen molar-refractivity contribution in [3.63, 3.8) is 0 Å². The monoisotopic (exact) mass is 629 g/mol. The molecule has 7 nitrogen and oxygen atoms in total. The van der Waals surface area contributed by atoms with E-state index in [0.717, 1.165) is 53.1 Å². The zero-order valence-corrected chi connectivity index (χ0v) is 26.5. The number of amides is 2. The number of sulfonamides is 1. The number of carbonyl (C=O) groups excluding carboxylic acids is 2. The molecule has 1 unspecified atom stereocenters. The van der Waals surface area contributed by atoms with Gasteiger partial charge in [0.05, 0.1) is 10.6 Å². The molecule has 0 spiro atoms. The zero-order chi connectivity index (χ0) is 30.4. The molecular formula is C32H37Cl2N3O4S. The highest BCUT2D eigenvalue weighted by Crippen LogP contribution is 2.30. The molecule has 224 valence electrons. The van der Waals surface area contributed by atoms with Crippen molar-refractivity contribution in [2.24, 2.45) is 0 Å². The van der Waals surface area contributed by atoms with Crippen LogP contribution in [0.3, 0.4) is 0 Å².